The molecule has 0 radical (unpaired) electrons. The van der Waals surface area contributed by atoms with Gasteiger partial charge in [-0.05, 0) is 11.4 Å². The molecule has 0 atom stereocenters. The molecule has 0 unspecified atom stereocenters. The fraction of sp³-hybridized carbons (Fsp3) is 0.125. The highest BCUT2D eigenvalue weighted by molar-refractivity contribution is 7.08. The van der Waals surface area contributed by atoms with Gasteiger partial charge in [0.1, 0.15) is 0 Å². The van der Waals surface area contributed by atoms with E-state index < -0.39 is 0 Å². The van der Waals surface area contributed by atoms with Crippen LogP contribution < -0.4 is 4.90 Å². The molecule has 1 aliphatic heterocycles. The second-order valence-electron chi connectivity index (χ2n) is 2.33. The second kappa shape index (κ2) is 2.51. The highest BCUT2D eigenvalue weighted by atomic mass is 32.1. The quantitative estimate of drug-likeness (QED) is 0.619. The number of hydrogen-bond acceptors (Lipinski definition) is 2. The van der Waals surface area contributed by atoms with E-state index in [2.05, 4.69) is 0 Å². The Kier molecular flexibility index (Phi) is 1.51. The molecular weight excluding hydrogens is 158 g/mol. The minimum Gasteiger partial charge on any atom is -0.304 e. The van der Waals surface area contributed by atoms with Gasteiger partial charge in [-0.25, -0.2) is 0 Å². The molecule has 2 rings (SSSR count). The van der Waals surface area contributed by atoms with Gasteiger partial charge in [0.25, 0.3) is 5.91 Å². The number of carbonyl (C=O) groups is 1. The zero-order valence-electron chi connectivity index (χ0n) is 5.86. The van der Waals surface area contributed by atoms with E-state index in [0.717, 1.165) is 12.2 Å². The highest BCUT2D eigenvalue weighted by Crippen LogP contribution is 2.20. The number of nitrogens with zero attached hydrogens (tertiary/aromatic N) is 1. The van der Waals surface area contributed by atoms with Crippen LogP contribution in [0.25, 0.3) is 0 Å². The first-order chi connectivity index (χ1) is 5.38. The molecule has 56 valence electrons. The van der Waals surface area contributed by atoms with Crippen LogP contribution in [0.5, 0.6) is 0 Å². The van der Waals surface area contributed by atoms with Crippen molar-refractivity contribution in [1.82, 2.24) is 0 Å². The summed E-state index contributed by atoms with van der Waals surface area (Å²) in [7, 11) is 0. The fourth-order valence-corrected chi connectivity index (χ4v) is 1.72. The first-order valence-electron chi connectivity index (χ1n) is 3.38. The SMILES string of the molecule is O=C1C=CCN1c1ccsc1. The van der Waals surface area contributed by atoms with Crippen LogP contribution in [-0.2, 0) is 4.79 Å². The van der Waals surface area contributed by atoms with Crippen molar-refractivity contribution in [2.45, 2.75) is 0 Å². The van der Waals surface area contributed by atoms with Crippen LogP contribution in [0.2, 0.25) is 0 Å². The van der Waals surface area contributed by atoms with Crippen LogP contribution in [-0.4, -0.2) is 12.5 Å². The smallest absolute Gasteiger partial charge is 0.251 e. The van der Waals surface area contributed by atoms with Crippen LogP contribution >= 0.6 is 11.3 Å². The van der Waals surface area contributed by atoms with Gasteiger partial charge in [-0.1, -0.05) is 6.08 Å². The van der Waals surface area contributed by atoms with Gasteiger partial charge in [0.15, 0.2) is 0 Å². The first kappa shape index (κ1) is 6.61. The molecule has 1 aromatic heterocycles. The predicted molar refractivity (Wildman–Crippen MR) is 45.8 cm³/mol. The van der Waals surface area contributed by atoms with E-state index in [0.29, 0.717) is 0 Å². The summed E-state index contributed by atoms with van der Waals surface area (Å²) < 4.78 is 0. The Morgan fingerprint density at radius 1 is 1.55 bits per heavy atom. The fourth-order valence-electron chi connectivity index (χ4n) is 1.08. The van der Waals surface area contributed by atoms with Gasteiger partial charge in [-0.2, -0.15) is 11.3 Å². The lowest BCUT2D eigenvalue weighted by atomic mass is 10.4. The molecule has 1 aliphatic rings. The van der Waals surface area contributed by atoms with Gasteiger partial charge < -0.3 is 4.90 Å². The van der Waals surface area contributed by atoms with Crippen LogP contribution in [0.4, 0.5) is 5.69 Å². The third kappa shape index (κ3) is 1.07. The lowest BCUT2D eigenvalue weighted by Gasteiger charge is -2.12. The number of rotatable bonds is 1. The maximum atomic E-state index is 11.1. The molecule has 0 saturated heterocycles. The standard InChI is InChI=1S/C8H7NOS/c10-8-2-1-4-9(8)7-3-5-11-6-7/h1-3,5-6H,4H2. The minimum atomic E-state index is 0.0865. The molecule has 2 heterocycles. The normalized spacial score (nSPS) is 16.4. The Balaban J connectivity index is 2.26. The Labute approximate surface area is 68.8 Å². The van der Waals surface area contributed by atoms with Gasteiger partial charge in [0.2, 0.25) is 0 Å². The average Bonchev–Trinajstić information content (AvgIpc) is 2.55. The van der Waals surface area contributed by atoms with Crippen molar-refractivity contribution in [3.63, 3.8) is 0 Å². The van der Waals surface area contributed by atoms with Gasteiger partial charge in [-0.3, -0.25) is 4.79 Å². The van der Waals surface area contributed by atoms with Crippen molar-refractivity contribution in [3.05, 3.63) is 29.0 Å². The Morgan fingerprint density at radius 3 is 3.00 bits per heavy atom. The molecular formula is C8H7NOS. The number of carbonyl (C=O) groups excluding carboxylic acids is 1. The molecule has 1 amide bonds. The summed E-state index contributed by atoms with van der Waals surface area (Å²) in [4.78, 5) is 12.9. The van der Waals surface area contributed by atoms with E-state index in [1.807, 2.05) is 22.9 Å². The largest absolute Gasteiger partial charge is 0.304 e. The van der Waals surface area contributed by atoms with Crippen molar-refractivity contribution >= 4 is 22.9 Å². The number of thiophene rings is 1. The third-order valence-electron chi connectivity index (χ3n) is 1.63. The first-order valence-corrected chi connectivity index (χ1v) is 4.32. The van der Waals surface area contributed by atoms with Crippen molar-refractivity contribution < 1.29 is 4.79 Å². The predicted octanol–water partition coefficient (Wildman–Crippen LogP) is 1.65. The molecule has 11 heavy (non-hydrogen) atoms. The molecule has 0 fully saturated rings. The molecule has 0 aromatic carbocycles. The maximum Gasteiger partial charge on any atom is 0.251 e. The van der Waals surface area contributed by atoms with Gasteiger partial charge in [-0.15, -0.1) is 0 Å². The maximum absolute atomic E-state index is 11.1. The zero-order valence-corrected chi connectivity index (χ0v) is 6.67. The van der Waals surface area contributed by atoms with Crippen molar-refractivity contribution in [1.29, 1.82) is 0 Å². The Morgan fingerprint density at radius 2 is 2.45 bits per heavy atom. The number of hydrogen-bond donors (Lipinski definition) is 0. The summed E-state index contributed by atoms with van der Waals surface area (Å²) in [5, 5.41) is 3.95. The Hall–Kier alpha value is -1.09. The second-order valence-corrected chi connectivity index (χ2v) is 3.11. The Bertz CT molecular complexity index is 289. The molecule has 0 saturated carbocycles. The number of amides is 1. The molecule has 1 aromatic rings. The monoisotopic (exact) mass is 165 g/mol. The van der Waals surface area contributed by atoms with Gasteiger partial charge in [0, 0.05) is 18.0 Å². The topological polar surface area (TPSA) is 20.3 Å². The molecule has 0 spiro atoms. The highest BCUT2D eigenvalue weighted by Gasteiger charge is 2.15. The third-order valence-corrected chi connectivity index (χ3v) is 2.30. The van der Waals surface area contributed by atoms with Gasteiger partial charge in [0.05, 0.1) is 5.69 Å². The van der Waals surface area contributed by atoms with E-state index in [4.69, 9.17) is 0 Å². The lowest BCUT2D eigenvalue weighted by molar-refractivity contribution is -0.113. The van der Waals surface area contributed by atoms with E-state index in [-0.39, 0.29) is 5.91 Å². The lowest BCUT2D eigenvalue weighted by Crippen LogP contribution is -2.23. The van der Waals surface area contributed by atoms with Crippen LogP contribution in [0.1, 0.15) is 0 Å². The summed E-state index contributed by atoms with van der Waals surface area (Å²) in [6, 6.07) is 1.95. The molecule has 0 bridgehead atoms. The molecule has 2 nitrogen and oxygen atoms in total. The van der Waals surface area contributed by atoms with Crippen molar-refractivity contribution in [2.24, 2.45) is 0 Å². The van der Waals surface area contributed by atoms with E-state index in [9.17, 15) is 4.79 Å². The summed E-state index contributed by atoms with van der Waals surface area (Å²) in [5.41, 5.74) is 1.00. The molecule has 0 N–H and O–H groups in total. The van der Waals surface area contributed by atoms with E-state index in [1.165, 1.54) is 0 Å². The minimum absolute atomic E-state index is 0.0865. The van der Waals surface area contributed by atoms with Crippen LogP contribution in [0.15, 0.2) is 29.0 Å². The molecule has 0 aliphatic carbocycles. The van der Waals surface area contributed by atoms with Crippen molar-refractivity contribution in [2.75, 3.05) is 11.4 Å². The summed E-state index contributed by atoms with van der Waals surface area (Å²) in [6.45, 7) is 0.718. The van der Waals surface area contributed by atoms with Crippen LogP contribution in [0, 0.1) is 0 Å². The van der Waals surface area contributed by atoms with E-state index >= 15 is 0 Å². The van der Waals surface area contributed by atoms with E-state index in [1.54, 1.807) is 22.3 Å². The molecule has 3 heteroatoms. The van der Waals surface area contributed by atoms with Gasteiger partial charge >= 0.3 is 0 Å². The summed E-state index contributed by atoms with van der Waals surface area (Å²) >= 11 is 1.61. The number of anilines is 1. The zero-order chi connectivity index (χ0) is 7.68. The summed E-state index contributed by atoms with van der Waals surface area (Å²) in [6.07, 6.45) is 3.48. The summed E-state index contributed by atoms with van der Waals surface area (Å²) in [5.74, 6) is 0.0865. The van der Waals surface area contributed by atoms with Crippen molar-refractivity contribution in [3.8, 4) is 0 Å². The average molecular weight is 165 g/mol. The van der Waals surface area contributed by atoms with Crippen LogP contribution in [0.3, 0.4) is 0 Å².